The number of nitrogens with zero attached hydrogens (tertiary/aromatic N) is 1. The summed E-state index contributed by atoms with van der Waals surface area (Å²) in [6, 6.07) is 9.28. The molecule has 136 valence electrons. The van der Waals surface area contributed by atoms with Crippen molar-refractivity contribution in [2.45, 2.75) is 52.0 Å². The number of anilines is 1. The summed E-state index contributed by atoms with van der Waals surface area (Å²) >= 11 is 0. The van der Waals surface area contributed by atoms with Crippen LogP contribution in [-0.4, -0.2) is 22.8 Å². The number of rotatable bonds is 4. The zero-order valence-corrected chi connectivity index (χ0v) is 15.3. The van der Waals surface area contributed by atoms with Crippen LogP contribution in [0.15, 0.2) is 36.5 Å². The molecular weight excluding hydrogens is 326 g/mol. The van der Waals surface area contributed by atoms with Crippen LogP contribution >= 0.6 is 0 Å². The average Bonchev–Trinajstić information content (AvgIpc) is 2.62. The Kier molecular flexibility index (Phi) is 5.66. The molecule has 1 aromatic carbocycles. The Bertz CT molecular complexity index is 790. The SMILES string of the molecule is Cc1cc(C)cc(NC(=O)c2ccnc(C(=O)NC3CCCCC3)c2)c1. The summed E-state index contributed by atoms with van der Waals surface area (Å²) in [6.07, 6.45) is 7.07. The van der Waals surface area contributed by atoms with Crippen LogP contribution in [0.3, 0.4) is 0 Å². The monoisotopic (exact) mass is 351 g/mol. The highest BCUT2D eigenvalue weighted by Gasteiger charge is 2.18. The van der Waals surface area contributed by atoms with E-state index in [1.807, 2.05) is 26.0 Å². The van der Waals surface area contributed by atoms with E-state index in [-0.39, 0.29) is 23.6 Å². The third kappa shape index (κ3) is 4.69. The quantitative estimate of drug-likeness (QED) is 0.874. The number of aryl methyl sites for hydroxylation is 2. The van der Waals surface area contributed by atoms with Gasteiger partial charge in [0.05, 0.1) is 0 Å². The molecule has 2 N–H and O–H groups in total. The normalized spacial score (nSPS) is 14.7. The van der Waals surface area contributed by atoms with Crippen molar-refractivity contribution in [3.63, 3.8) is 0 Å². The standard InChI is InChI=1S/C21H25N3O2/c1-14-10-15(2)12-18(11-14)24-20(25)16-8-9-22-19(13-16)21(26)23-17-6-4-3-5-7-17/h8-13,17H,3-7H2,1-2H3,(H,23,26)(H,24,25). The van der Waals surface area contributed by atoms with Crippen molar-refractivity contribution in [3.8, 4) is 0 Å². The molecule has 0 atom stereocenters. The predicted octanol–water partition coefficient (Wildman–Crippen LogP) is 4.01. The van der Waals surface area contributed by atoms with E-state index in [2.05, 4.69) is 21.7 Å². The molecule has 2 amide bonds. The van der Waals surface area contributed by atoms with Crippen molar-refractivity contribution in [1.29, 1.82) is 0 Å². The number of carbonyl (C=O) groups is 2. The van der Waals surface area contributed by atoms with E-state index in [0.717, 1.165) is 42.5 Å². The van der Waals surface area contributed by atoms with Crippen molar-refractivity contribution in [1.82, 2.24) is 10.3 Å². The fourth-order valence-electron chi connectivity index (χ4n) is 3.45. The van der Waals surface area contributed by atoms with Crippen LogP contribution < -0.4 is 10.6 Å². The summed E-state index contributed by atoms with van der Waals surface area (Å²) in [7, 11) is 0. The van der Waals surface area contributed by atoms with Crippen molar-refractivity contribution >= 4 is 17.5 Å². The first-order valence-corrected chi connectivity index (χ1v) is 9.18. The molecule has 0 unspecified atom stereocenters. The van der Waals surface area contributed by atoms with E-state index >= 15 is 0 Å². The second kappa shape index (κ2) is 8.13. The van der Waals surface area contributed by atoms with Gasteiger partial charge in [-0.15, -0.1) is 0 Å². The Morgan fingerprint density at radius 1 is 0.962 bits per heavy atom. The number of pyridine rings is 1. The maximum absolute atomic E-state index is 12.5. The maximum atomic E-state index is 12.5. The largest absolute Gasteiger partial charge is 0.348 e. The molecule has 1 heterocycles. The molecule has 1 aromatic heterocycles. The van der Waals surface area contributed by atoms with Crippen molar-refractivity contribution in [2.24, 2.45) is 0 Å². The summed E-state index contributed by atoms with van der Waals surface area (Å²) in [6.45, 7) is 3.98. The molecule has 0 radical (unpaired) electrons. The Hall–Kier alpha value is -2.69. The topological polar surface area (TPSA) is 71.1 Å². The first-order chi connectivity index (χ1) is 12.5. The van der Waals surface area contributed by atoms with Crippen LogP contribution in [0.5, 0.6) is 0 Å². The minimum absolute atomic E-state index is 0.210. The highest BCUT2D eigenvalue weighted by atomic mass is 16.2. The van der Waals surface area contributed by atoms with Crippen molar-refractivity contribution in [3.05, 3.63) is 58.9 Å². The molecule has 0 saturated heterocycles. The van der Waals surface area contributed by atoms with E-state index in [1.54, 1.807) is 12.1 Å². The van der Waals surface area contributed by atoms with Gasteiger partial charge < -0.3 is 10.6 Å². The van der Waals surface area contributed by atoms with Crippen LogP contribution in [0, 0.1) is 13.8 Å². The summed E-state index contributed by atoms with van der Waals surface area (Å²) in [4.78, 5) is 29.1. The number of hydrogen-bond donors (Lipinski definition) is 2. The first kappa shape index (κ1) is 18.1. The number of hydrogen-bond acceptors (Lipinski definition) is 3. The Morgan fingerprint density at radius 3 is 2.35 bits per heavy atom. The van der Waals surface area contributed by atoms with E-state index < -0.39 is 0 Å². The molecule has 0 spiro atoms. The van der Waals surface area contributed by atoms with E-state index in [0.29, 0.717) is 5.56 Å². The first-order valence-electron chi connectivity index (χ1n) is 9.18. The lowest BCUT2D eigenvalue weighted by Crippen LogP contribution is -2.36. The van der Waals surface area contributed by atoms with E-state index in [9.17, 15) is 9.59 Å². The van der Waals surface area contributed by atoms with Gasteiger partial charge in [0.25, 0.3) is 11.8 Å². The van der Waals surface area contributed by atoms with Gasteiger partial charge in [0, 0.05) is 23.5 Å². The van der Waals surface area contributed by atoms with Crippen molar-refractivity contribution in [2.75, 3.05) is 5.32 Å². The number of carbonyl (C=O) groups excluding carboxylic acids is 2. The van der Waals surface area contributed by atoms with E-state index in [1.165, 1.54) is 12.6 Å². The number of aromatic nitrogens is 1. The molecular formula is C21H25N3O2. The van der Waals surface area contributed by atoms with Gasteiger partial charge in [0.2, 0.25) is 0 Å². The summed E-state index contributed by atoms with van der Waals surface area (Å²) < 4.78 is 0. The van der Waals surface area contributed by atoms with Gasteiger partial charge in [-0.3, -0.25) is 14.6 Å². The van der Waals surface area contributed by atoms with Gasteiger partial charge >= 0.3 is 0 Å². The second-order valence-corrected chi connectivity index (χ2v) is 7.07. The van der Waals surface area contributed by atoms with Gasteiger partial charge in [-0.2, -0.15) is 0 Å². The molecule has 5 heteroatoms. The highest BCUT2D eigenvalue weighted by Crippen LogP contribution is 2.18. The molecule has 5 nitrogen and oxygen atoms in total. The van der Waals surface area contributed by atoms with Gasteiger partial charge in [0.15, 0.2) is 0 Å². The van der Waals surface area contributed by atoms with Gasteiger partial charge in [-0.1, -0.05) is 25.3 Å². The molecule has 2 aromatic rings. The van der Waals surface area contributed by atoms with Crippen LogP contribution in [0.4, 0.5) is 5.69 Å². The molecule has 3 rings (SSSR count). The lowest BCUT2D eigenvalue weighted by molar-refractivity contribution is 0.0922. The Labute approximate surface area is 154 Å². The fourth-order valence-corrected chi connectivity index (χ4v) is 3.45. The third-order valence-electron chi connectivity index (χ3n) is 4.67. The van der Waals surface area contributed by atoms with Gasteiger partial charge in [-0.05, 0) is 62.1 Å². The Morgan fingerprint density at radius 2 is 1.65 bits per heavy atom. The van der Waals surface area contributed by atoms with Gasteiger partial charge in [-0.25, -0.2) is 0 Å². The van der Waals surface area contributed by atoms with Crippen LogP contribution in [-0.2, 0) is 0 Å². The Balaban J connectivity index is 1.69. The maximum Gasteiger partial charge on any atom is 0.270 e. The summed E-state index contributed by atoms with van der Waals surface area (Å²) in [5.74, 6) is -0.456. The fraction of sp³-hybridized carbons (Fsp3) is 0.381. The predicted molar refractivity (Wildman–Crippen MR) is 102 cm³/mol. The highest BCUT2D eigenvalue weighted by molar-refractivity contribution is 6.05. The number of benzene rings is 1. The zero-order chi connectivity index (χ0) is 18.5. The molecule has 1 saturated carbocycles. The van der Waals surface area contributed by atoms with Crippen LogP contribution in [0.25, 0.3) is 0 Å². The smallest absolute Gasteiger partial charge is 0.270 e. The lowest BCUT2D eigenvalue weighted by atomic mass is 9.95. The number of nitrogens with one attached hydrogen (secondary N) is 2. The van der Waals surface area contributed by atoms with Crippen molar-refractivity contribution < 1.29 is 9.59 Å². The average molecular weight is 351 g/mol. The molecule has 1 aliphatic rings. The second-order valence-electron chi connectivity index (χ2n) is 7.07. The molecule has 0 bridgehead atoms. The molecule has 1 fully saturated rings. The number of amides is 2. The minimum Gasteiger partial charge on any atom is -0.348 e. The third-order valence-corrected chi connectivity index (χ3v) is 4.67. The van der Waals surface area contributed by atoms with Crippen LogP contribution in [0.1, 0.15) is 64.1 Å². The molecule has 26 heavy (non-hydrogen) atoms. The van der Waals surface area contributed by atoms with Gasteiger partial charge in [0.1, 0.15) is 5.69 Å². The van der Waals surface area contributed by atoms with E-state index in [4.69, 9.17) is 0 Å². The summed E-state index contributed by atoms with van der Waals surface area (Å²) in [5.41, 5.74) is 3.62. The lowest BCUT2D eigenvalue weighted by Gasteiger charge is -2.22. The molecule has 0 aliphatic heterocycles. The van der Waals surface area contributed by atoms with Crippen LogP contribution in [0.2, 0.25) is 0 Å². The summed E-state index contributed by atoms with van der Waals surface area (Å²) in [5, 5.41) is 5.92. The minimum atomic E-state index is -0.246. The molecule has 1 aliphatic carbocycles. The zero-order valence-electron chi connectivity index (χ0n) is 15.3.